The van der Waals surface area contributed by atoms with Crippen LogP contribution in [0.15, 0.2) is 97.1 Å². The maximum atomic E-state index is 13.3. The van der Waals surface area contributed by atoms with E-state index in [-0.39, 0.29) is 18.7 Å². The van der Waals surface area contributed by atoms with Gasteiger partial charge in [-0.2, -0.15) is 0 Å². The molecule has 0 saturated carbocycles. The number of piperidine rings is 2. The molecule has 0 spiro atoms. The number of hydrogen-bond acceptors (Lipinski definition) is 9. The predicted octanol–water partition coefficient (Wildman–Crippen LogP) is 4.57. The highest BCUT2D eigenvalue weighted by molar-refractivity contribution is 6.58. The highest BCUT2D eigenvalue weighted by Crippen LogP contribution is 2.36. The lowest BCUT2D eigenvalue weighted by Gasteiger charge is -2.38. The van der Waals surface area contributed by atoms with Gasteiger partial charge in [-0.15, -0.1) is 0 Å². The van der Waals surface area contributed by atoms with Gasteiger partial charge >= 0.3 is 7.12 Å². The van der Waals surface area contributed by atoms with Gasteiger partial charge in [0.15, 0.2) is 0 Å². The number of allylic oxidation sites excluding steroid dienone is 1. The maximum absolute atomic E-state index is 13.3. The van der Waals surface area contributed by atoms with Crippen LogP contribution < -0.4 is 20.6 Å². The van der Waals surface area contributed by atoms with E-state index in [0.717, 1.165) is 98.8 Å². The molecule has 4 aromatic rings. The van der Waals surface area contributed by atoms with Gasteiger partial charge in [-0.05, 0) is 108 Å². The van der Waals surface area contributed by atoms with Crippen molar-refractivity contribution in [2.45, 2.75) is 51.5 Å². The molecule has 0 aliphatic carbocycles. The third-order valence-corrected chi connectivity index (χ3v) is 12.4. The number of benzene rings is 4. The van der Waals surface area contributed by atoms with Gasteiger partial charge in [0.05, 0.1) is 11.1 Å². The van der Waals surface area contributed by atoms with Crippen LogP contribution in [0.3, 0.4) is 0 Å². The van der Waals surface area contributed by atoms with E-state index in [1.807, 2.05) is 24.3 Å². The smallest absolute Gasteiger partial charge is 0.423 e. The molecule has 3 saturated heterocycles. The molecule has 4 heterocycles. The molecule has 0 aromatic heterocycles. The van der Waals surface area contributed by atoms with E-state index in [9.17, 15) is 29.2 Å². The summed E-state index contributed by atoms with van der Waals surface area (Å²) in [6, 6.07) is 31.3. The zero-order chi connectivity index (χ0) is 40.3. The Balaban J connectivity index is 0.839. The quantitative estimate of drug-likeness (QED) is 0.114. The fourth-order valence-electron chi connectivity index (χ4n) is 9.07. The molecule has 58 heavy (non-hydrogen) atoms. The van der Waals surface area contributed by atoms with Crippen LogP contribution in [0.4, 0.5) is 11.4 Å². The Labute approximate surface area is 340 Å². The second-order valence-corrected chi connectivity index (χ2v) is 15.8. The summed E-state index contributed by atoms with van der Waals surface area (Å²) in [6.07, 6.45) is 4.37. The Bertz CT molecular complexity index is 2190. The molecule has 4 amide bonds. The number of rotatable bonds is 11. The molecule has 3 N–H and O–H groups in total. The molecule has 4 aliphatic rings. The Hall–Kier alpha value is -5.56. The zero-order valence-electron chi connectivity index (χ0n) is 33.0. The van der Waals surface area contributed by atoms with Crippen LogP contribution in [0.25, 0.3) is 11.1 Å². The number of piperazine rings is 1. The lowest BCUT2D eigenvalue weighted by atomic mass is 9.79. The van der Waals surface area contributed by atoms with Gasteiger partial charge in [0.25, 0.3) is 11.8 Å². The first-order valence-electron chi connectivity index (χ1n) is 20.6. The fraction of sp³-hybridized carbons (Fsp3) is 0.348. The average molecular weight is 780 g/mol. The highest BCUT2D eigenvalue weighted by Gasteiger charge is 2.45. The minimum Gasteiger partial charge on any atom is -0.423 e. The number of nitrogens with zero attached hydrogens (tertiary/aromatic N) is 4. The molecular weight excluding hydrogens is 729 g/mol. The minimum absolute atomic E-state index is 0.100. The second kappa shape index (κ2) is 17.1. The van der Waals surface area contributed by atoms with Crippen molar-refractivity contribution < 1.29 is 29.2 Å². The summed E-state index contributed by atoms with van der Waals surface area (Å²) in [5, 5.41) is 21.6. The summed E-state index contributed by atoms with van der Waals surface area (Å²) in [4.78, 5) is 58.9. The molecule has 1 unspecified atom stereocenters. The lowest BCUT2D eigenvalue weighted by Crippen LogP contribution is -2.54. The van der Waals surface area contributed by atoms with E-state index < -0.39 is 30.9 Å². The van der Waals surface area contributed by atoms with Crippen molar-refractivity contribution in [3.05, 3.63) is 125 Å². The largest absolute Gasteiger partial charge is 0.488 e. The van der Waals surface area contributed by atoms with Crippen molar-refractivity contribution in [3.8, 4) is 0 Å². The van der Waals surface area contributed by atoms with Crippen LogP contribution in [0.1, 0.15) is 82.9 Å². The number of amides is 4. The average Bonchev–Trinajstić information content (AvgIpc) is 3.50. The predicted molar refractivity (Wildman–Crippen MR) is 227 cm³/mol. The number of nitrogens with one attached hydrogen (secondary N) is 1. The molecular formula is C46H50BN5O6. The SMILES string of the molecule is CC/C(=C(\c1ccc(B(O)O)cc1)c1ccc(N2CCN(CCC3CCN(c4ccc5c(c4)C(=O)N(C4CCC(=O)NC4=O)C5=O)CC3)CC2)cc1)c1ccccc1. The van der Waals surface area contributed by atoms with Gasteiger partial charge in [0.1, 0.15) is 6.04 Å². The van der Waals surface area contributed by atoms with Gasteiger partial charge in [0.2, 0.25) is 11.8 Å². The van der Waals surface area contributed by atoms with Crippen molar-refractivity contribution in [1.29, 1.82) is 0 Å². The van der Waals surface area contributed by atoms with Crippen LogP contribution in [0, 0.1) is 5.92 Å². The zero-order valence-corrected chi connectivity index (χ0v) is 33.0. The van der Waals surface area contributed by atoms with E-state index in [1.165, 1.54) is 16.8 Å². The monoisotopic (exact) mass is 779 g/mol. The van der Waals surface area contributed by atoms with Gasteiger partial charge in [0, 0.05) is 57.1 Å². The van der Waals surface area contributed by atoms with Crippen LogP contribution in [-0.4, -0.2) is 102 Å². The normalized spacial score (nSPS) is 19.6. The molecule has 11 nitrogen and oxygen atoms in total. The van der Waals surface area contributed by atoms with Crippen LogP contribution in [-0.2, 0) is 9.59 Å². The third-order valence-electron chi connectivity index (χ3n) is 12.4. The third kappa shape index (κ3) is 8.09. The van der Waals surface area contributed by atoms with E-state index >= 15 is 0 Å². The highest BCUT2D eigenvalue weighted by atomic mass is 16.4. The summed E-state index contributed by atoms with van der Waals surface area (Å²) < 4.78 is 0. The van der Waals surface area contributed by atoms with E-state index in [4.69, 9.17) is 0 Å². The Morgan fingerprint density at radius 1 is 0.690 bits per heavy atom. The van der Waals surface area contributed by atoms with Crippen molar-refractivity contribution in [1.82, 2.24) is 15.1 Å². The summed E-state index contributed by atoms with van der Waals surface area (Å²) >= 11 is 0. The lowest BCUT2D eigenvalue weighted by molar-refractivity contribution is -0.136. The molecule has 4 aromatic carbocycles. The topological polar surface area (TPSA) is 134 Å². The minimum atomic E-state index is -1.50. The van der Waals surface area contributed by atoms with Gasteiger partial charge in [-0.25, -0.2) is 0 Å². The maximum Gasteiger partial charge on any atom is 0.488 e. The number of hydrogen-bond donors (Lipinski definition) is 3. The number of anilines is 2. The van der Waals surface area contributed by atoms with E-state index in [2.05, 4.69) is 75.5 Å². The number of fused-ring (bicyclic) bond motifs is 1. The molecule has 3 fully saturated rings. The number of carbonyl (C=O) groups is 4. The molecule has 0 bridgehead atoms. The van der Waals surface area contributed by atoms with Crippen molar-refractivity contribution in [2.24, 2.45) is 5.92 Å². The van der Waals surface area contributed by atoms with Crippen LogP contribution in [0.5, 0.6) is 0 Å². The Morgan fingerprint density at radius 2 is 1.31 bits per heavy atom. The standard InChI is InChI=1S/C46H50BN5O6/c1-2-38(32-6-4-3-5-7-32)43(33-8-12-35(13-9-33)47(57)58)34-10-14-36(15-11-34)51-28-26-49(27-29-51)23-20-31-21-24-50(25-22-31)37-16-17-39-40(30-37)46(56)52(45(39)55)41-18-19-42(53)48-44(41)54/h3-17,30-31,41,57-58H,2,18-29H2,1H3,(H,48,53,54)/b43-38-. The van der Waals surface area contributed by atoms with E-state index in [1.54, 1.807) is 24.3 Å². The first-order chi connectivity index (χ1) is 28.2. The summed E-state index contributed by atoms with van der Waals surface area (Å²) in [6.45, 7) is 8.98. The molecule has 4 aliphatic heterocycles. The molecule has 298 valence electrons. The first-order valence-corrected chi connectivity index (χ1v) is 20.6. The Morgan fingerprint density at radius 3 is 1.95 bits per heavy atom. The van der Waals surface area contributed by atoms with Gasteiger partial charge in [-0.1, -0.05) is 73.7 Å². The summed E-state index contributed by atoms with van der Waals surface area (Å²) in [5.74, 6) is -1.30. The van der Waals surface area contributed by atoms with Gasteiger partial charge in [-0.3, -0.25) is 34.3 Å². The van der Waals surface area contributed by atoms with Crippen molar-refractivity contribution in [2.75, 3.05) is 55.6 Å². The number of imide groups is 2. The Kier molecular flexibility index (Phi) is 11.6. The van der Waals surface area contributed by atoms with Crippen LogP contribution >= 0.6 is 0 Å². The number of carbonyl (C=O) groups excluding carboxylic acids is 4. The van der Waals surface area contributed by atoms with Crippen LogP contribution in [0.2, 0.25) is 0 Å². The van der Waals surface area contributed by atoms with E-state index in [0.29, 0.717) is 22.5 Å². The molecule has 8 rings (SSSR count). The first kappa shape index (κ1) is 39.3. The summed E-state index contributed by atoms with van der Waals surface area (Å²) in [5.41, 5.74) is 8.96. The van der Waals surface area contributed by atoms with Crippen molar-refractivity contribution in [3.63, 3.8) is 0 Å². The summed E-state index contributed by atoms with van der Waals surface area (Å²) in [7, 11) is -1.50. The molecule has 1 atom stereocenters. The molecule has 0 radical (unpaired) electrons. The molecule has 12 heteroatoms. The second-order valence-electron chi connectivity index (χ2n) is 15.8. The van der Waals surface area contributed by atoms with Gasteiger partial charge < -0.3 is 19.8 Å². The fourth-order valence-corrected chi connectivity index (χ4v) is 9.07. The van der Waals surface area contributed by atoms with Crippen molar-refractivity contribution >= 4 is 58.7 Å².